The quantitative estimate of drug-likeness (QED) is 0.784. The molecular formula is C19H28N2O4. The molecule has 1 fully saturated rings. The summed E-state index contributed by atoms with van der Waals surface area (Å²) >= 11 is 0. The van der Waals surface area contributed by atoms with Crippen LogP contribution in [0.3, 0.4) is 0 Å². The second-order valence-corrected chi connectivity index (χ2v) is 6.43. The average Bonchev–Trinajstić information content (AvgIpc) is 3.10. The molecule has 0 saturated heterocycles. The summed E-state index contributed by atoms with van der Waals surface area (Å²) in [5, 5.41) is 3.06. The zero-order valence-electron chi connectivity index (χ0n) is 15.3. The first kappa shape index (κ1) is 19.1. The molecule has 1 aromatic rings. The smallest absolute Gasteiger partial charge is 0.221 e. The number of hydrogen-bond donors (Lipinski definition) is 1. The zero-order chi connectivity index (χ0) is 18.2. The minimum Gasteiger partial charge on any atom is -0.493 e. The zero-order valence-corrected chi connectivity index (χ0v) is 15.3. The third kappa shape index (κ3) is 5.66. The molecule has 6 heteroatoms. The third-order valence-electron chi connectivity index (χ3n) is 4.60. The van der Waals surface area contributed by atoms with Crippen LogP contribution in [0, 0.1) is 0 Å². The highest BCUT2D eigenvalue weighted by Crippen LogP contribution is 2.28. The summed E-state index contributed by atoms with van der Waals surface area (Å²) in [5.74, 6) is 1.24. The van der Waals surface area contributed by atoms with Gasteiger partial charge in [0.1, 0.15) is 0 Å². The lowest BCUT2D eigenvalue weighted by molar-refractivity contribution is -0.130. The molecule has 0 unspecified atom stereocenters. The summed E-state index contributed by atoms with van der Waals surface area (Å²) in [4.78, 5) is 25.7. The van der Waals surface area contributed by atoms with E-state index in [4.69, 9.17) is 9.47 Å². The summed E-state index contributed by atoms with van der Waals surface area (Å²) in [6, 6.07) is 5.88. The standard InChI is InChI=1S/C19H28N2O4/c1-14(22)21(11-10-19(23)20-16-6-4-5-7-16)13-15-8-9-17(24-2)18(12-15)25-3/h8-9,12,16H,4-7,10-11,13H2,1-3H3,(H,20,23). The Labute approximate surface area is 149 Å². The fraction of sp³-hybridized carbons (Fsp3) is 0.579. The maximum atomic E-state index is 12.1. The molecule has 0 atom stereocenters. The maximum Gasteiger partial charge on any atom is 0.221 e. The van der Waals surface area contributed by atoms with Gasteiger partial charge < -0.3 is 19.7 Å². The van der Waals surface area contributed by atoms with Crippen LogP contribution < -0.4 is 14.8 Å². The largest absolute Gasteiger partial charge is 0.493 e. The van der Waals surface area contributed by atoms with E-state index in [0.29, 0.717) is 37.1 Å². The van der Waals surface area contributed by atoms with Gasteiger partial charge in [0.05, 0.1) is 14.2 Å². The minimum atomic E-state index is -0.0524. The fourth-order valence-corrected chi connectivity index (χ4v) is 3.15. The molecule has 1 aromatic carbocycles. The van der Waals surface area contributed by atoms with E-state index in [1.54, 1.807) is 19.1 Å². The highest BCUT2D eigenvalue weighted by Gasteiger charge is 2.18. The summed E-state index contributed by atoms with van der Waals surface area (Å²) in [7, 11) is 3.17. The van der Waals surface area contributed by atoms with Crippen molar-refractivity contribution in [3.8, 4) is 11.5 Å². The van der Waals surface area contributed by atoms with E-state index >= 15 is 0 Å². The molecule has 6 nitrogen and oxygen atoms in total. The molecule has 1 aliphatic rings. The number of nitrogens with one attached hydrogen (secondary N) is 1. The predicted octanol–water partition coefficient (Wildman–Crippen LogP) is 2.50. The van der Waals surface area contributed by atoms with Crippen molar-refractivity contribution >= 4 is 11.8 Å². The van der Waals surface area contributed by atoms with Crippen molar-refractivity contribution in [2.45, 2.75) is 51.6 Å². The Hall–Kier alpha value is -2.24. The number of carbonyl (C=O) groups is 2. The van der Waals surface area contributed by atoms with E-state index in [9.17, 15) is 9.59 Å². The van der Waals surface area contributed by atoms with Crippen molar-refractivity contribution in [2.24, 2.45) is 0 Å². The van der Waals surface area contributed by atoms with Crippen molar-refractivity contribution in [1.82, 2.24) is 10.2 Å². The summed E-state index contributed by atoms with van der Waals surface area (Å²) in [6.45, 7) is 2.37. The highest BCUT2D eigenvalue weighted by molar-refractivity contribution is 5.78. The van der Waals surface area contributed by atoms with Crippen LogP contribution in [-0.2, 0) is 16.1 Å². The normalized spacial score (nSPS) is 14.2. The number of methoxy groups -OCH3 is 2. The summed E-state index contributed by atoms with van der Waals surface area (Å²) in [6.07, 6.45) is 4.82. The molecule has 138 valence electrons. The molecule has 1 saturated carbocycles. The number of carbonyl (C=O) groups excluding carboxylic acids is 2. The summed E-state index contributed by atoms with van der Waals surface area (Å²) < 4.78 is 10.5. The lowest BCUT2D eigenvalue weighted by atomic mass is 10.1. The Morgan fingerprint density at radius 1 is 1.16 bits per heavy atom. The molecular weight excluding hydrogens is 320 g/mol. The van der Waals surface area contributed by atoms with Gasteiger partial charge in [-0.15, -0.1) is 0 Å². The number of amides is 2. The van der Waals surface area contributed by atoms with Crippen LogP contribution in [0.25, 0.3) is 0 Å². The van der Waals surface area contributed by atoms with E-state index in [1.165, 1.54) is 19.8 Å². The van der Waals surface area contributed by atoms with Gasteiger partial charge in [-0.2, -0.15) is 0 Å². The molecule has 0 aromatic heterocycles. The first-order valence-corrected chi connectivity index (χ1v) is 8.79. The fourth-order valence-electron chi connectivity index (χ4n) is 3.15. The van der Waals surface area contributed by atoms with Gasteiger partial charge in [0.2, 0.25) is 11.8 Å². The summed E-state index contributed by atoms with van der Waals surface area (Å²) in [5.41, 5.74) is 0.934. The SMILES string of the molecule is COc1ccc(CN(CCC(=O)NC2CCCC2)C(C)=O)cc1OC. The molecule has 0 spiro atoms. The first-order chi connectivity index (χ1) is 12.0. The van der Waals surface area contributed by atoms with Crippen molar-refractivity contribution in [3.05, 3.63) is 23.8 Å². The Kier molecular flexibility index (Phi) is 7.10. The molecule has 0 aliphatic heterocycles. The van der Waals surface area contributed by atoms with Crippen LogP contribution in [0.5, 0.6) is 11.5 Å². The lowest BCUT2D eigenvalue weighted by Crippen LogP contribution is -2.36. The molecule has 0 radical (unpaired) electrons. The number of hydrogen-bond acceptors (Lipinski definition) is 4. The third-order valence-corrected chi connectivity index (χ3v) is 4.60. The van der Waals surface area contributed by atoms with Gasteiger partial charge in [-0.3, -0.25) is 9.59 Å². The Morgan fingerprint density at radius 2 is 1.84 bits per heavy atom. The number of benzene rings is 1. The van der Waals surface area contributed by atoms with Crippen LogP contribution in [0.2, 0.25) is 0 Å². The van der Waals surface area contributed by atoms with Gasteiger partial charge in [0, 0.05) is 32.5 Å². The van der Waals surface area contributed by atoms with Gasteiger partial charge in [-0.25, -0.2) is 0 Å². The Morgan fingerprint density at radius 3 is 2.44 bits per heavy atom. The van der Waals surface area contributed by atoms with Gasteiger partial charge in [-0.1, -0.05) is 18.9 Å². The minimum absolute atomic E-state index is 0.0189. The predicted molar refractivity (Wildman–Crippen MR) is 95.7 cm³/mol. The second-order valence-electron chi connectivity index (χ2n) is 6.43. The van der Waals surface area contributed by atoms with Crippen LogP contribution in [0.1, 0.15) is 44.6 Å². The van der Waals surface area contributed by atoms with Crippen molar-refractivity contribution in [1.29, 1.82) is 0 Å². The lowest BCUT2D eigenvalue weighted by Gasteiger charge is -2.22. The van der Waals surface area contributed by atoms with Crippen LogP contribution in [0.15, 0.2) is 18.2 Å². The molecule has 25 heavy (non-hydrogen) atoms. The van der Waals surface area contributed by atoms with E-state index < -0.39 is 0 Å². The van der Waals surface area contributed by atoms with Crippen molar-refractivity contribution in [2.75, 3.05) is 20.8 Å². The number of rotatable bonds is 8. The molecule has 1 N–H and O–H groups in total. The first-order valence-electron chi connectivity index (χ1n) is 8.79. The maximum absolute atomic E-state index is 12.1. The molecule has 0 bridgehead atoms. The van der Waals surface area contributed by atoms with Crippen LogP contribution in [-0.4, -0.2) is 43.5 Å². The second kappa shape index (κ2) is 9.30. The van der Waals surface area contributed by atoms with Gasteiger partial charge in [0.15, 0.2) is 11.5 Å². The monoisotopic (exact) mass is 348 g/mol. The van der Waals surface area contributed by atoms with Gasteiger partial charge in [-0.05, 0) is 30.5 Å². The van der Waals surface area contributed by atoms with Crippen LogP contribution in [0.4, 0.5) is 0 Å². The van der Waals surface area contributed by atoms with Gasteiger partial charge >= 0.3 is 0 Å². The molecule has 2 amide bonds. The molecule has 0 heterocycles. The average molecular weight is 348 g/mol. The highest BCUT2D eigenvalue weighted by atomic mass is 16.5. The van der Waals surface area contributed by atoms with E-state index in [2.05, 4.69) is 5.32 Å². The number of nitrogens with zero attached hydrogens (tertiary/aromatic N) is 1. The van der Waals surface area contributed by atoms with Gasteiger partial charge in [0.25, 0.3) is 0 Å². The Balaban J connectivity index is 1.91. The molecule has 1 aliphatic carbocycles. The number of ether oxygens (including phenoxy) is 2. The molecule has 2 rings (SSSR count). The van der Waals surface area contributed by atoms with E-state index in [1.807, 2.05) is 18.2 Å². The van der Waals surface area contributed by atoms with Crippen molar-refractivity contribution in [3.63, 3.8) is 0 Å². The van der Waals surface area contributed by atoms with Crippen LogP contribution >= 0.6 is 0 Å². The topological polar surface area (TPSA) is 67.9 Å². The van der Waals surface area contributed by atoms with E-state index in [-0.39, 0.29) is 11.8 Å². The Bertz CT molecular complexity index is 597. The van der Waals surface area contributed by atoms with Crippen molar-refractivity contribution < 1.29 is 19.1 Å². The van der Waals surface area contributed by atoms with E-state index in [0.717, 1.165) is 18.4 Å².